The molecule has 4 heteroatoms. The second-order valence-electron chi connectivity index (χ2n) is 4.16. The first-order chi connectivity index (χ1) is 9.71. The molecule has 0 aliphatic heterocycles. The largest absolute Gasteiger partial charge is 0.504 e. The number of para-hydroxylation sites is 1. The molecule has 1 N–H and O–H groups in total. The summed E-state index contributed by atoms with van der Waals surface area (Å²) in [7, 11) is 1.44. The van der Waals surface area contributed by atoms with Crippen LogP contribution in [0, 0.1) is 0 Å². The summed E-state index contributed by atoms with van der Waals surface area (Å²) >= 11 is 0. The Morgan fingerprint density at radius 2 is 1.90 bits per heavy atom. The number of ether oxygens (including phenoxy) is 2. The summed E-state index contributed by atoms with van der Waals surface area (Å²) in [5, 5.41) is 9.91. The average molecular weight is 272 g/mol. The molecule has 0 saturated carbocycles. The second-order valence-corrected chi connectivity index (χ2v) is 4.16. The van der Waals surface area contributed by atoms with Crippen LogP contribution in [0.5, 0.6) is 17.2 Å². The third kappa shape index (κ3) is 2.59. The first-order valence-corrected chi connectivity index (χ1v) is 6.29. The van der Waals surface area contributed by atoms with Gasteiger partial charge in [-0.05, 0) is 30.7 Å². The van der Waals surface area contributed by atoms with Crippen LogP contribution in [0.1, 0.15) is 17.3 Å². The fourth-order valence-corrected chi connectivity index (χ4v) is 2.05. The van der Waals surface area contributed by atoms with Crippen molar-refractivity contribution in [3.8, 4) is 28.4 Å². The summed E-state index contributed by atoms with van der Waals surface area (Å²) in [4.78, 5) is 11.3. The van der Waals surface area contributed by atoms with E-state index in [4.69, 9.17) is 9.47 Å². The molecule has 0 saturated heterocycles. The summed E-state index contributed by atoms with van der Waals surface area (Å²) in [5.41, 5.74) is 1.81. The summed E-state index contributed by atoms with van der Waals surface area (Å²) < 4.78 is 10.6. The number of aromatic hydroxyl groups is 1. The van der Waals surface area contributed by atoms with E-state index in [2.05, 4.69) is 0 Å². The summed E-state index contributed by atoms with van der Waals surface area (Å²) in [6.07, 6.45) is 0.736. The number of phenols is 1. The van der Waals surface area contributed by atoms with Gasteiger partial charge >= 0.3 is 0 Å². The van der Waals surface area contributed by atoms with Gasteiger partial charge in [0.25, 0.3) is 0 Å². The van der Waals surface area contributed by atoms with Gasteiger partial charge in [0.1, 0.15) is 5.75 Å². The molecule has 0 heterocycles. The molecule has 0 atom stereocenters. The molecule has 0 bridgehead atoms. The van der Waals surface area contributed by atoms with Crippen molar-refractivity contribution in [3.05, 3.63) is 42.0 Å². The van der Waals surface area contributed by atoms with Crippen molar-refractivity contribution >= 4 is 6.29 Å². The lowest BCUT2D eigenvalue weighted by molar-refractivity contribution is 0.112. The highest BCUT2D eigenvalue weighted by molar-refractivity contribution is 5.91. The lowest BCUT2D eigenvalue weighted by atomic mass is 9.98. The number of carbonyl (C=O) groups excluding carboxylic acids is 1. The fourth-order valence-electron chi connectivity index (χ4n) is 2.05. The van der Waals surface area contributed by atoms with Gasteiger partial charge in [-0.1, -0.05) is 18.2 Å². The van der Waals surface area contributed by atoms with Gasteiger partial charge in [-0.2, -0.15) is 0 Å². The van der Waals surface area contributed by atoms with Crippen molar-refractivity contribution in [3.63, 3.8) is 0 Å². The first-order valence-electron chi connectivity index (χ1n) is 6.29. The van der Waals surface area contributed by atoms with Gasteiger partial charge in [0.2, 0.25) is 0 Å². The fraction of sp³-hybridized carbons (Fsp3) is 0.188. The number of benzene rings is 2. The second kappa shape index (κ2) is 6.10. The topological polar surface area (TPSA) is 55.8 Å². The number of phenolic OH excluding ortho intramolecular Hbond substituents is 1. The normalized spacial score (nSPS) is 10.1. The molecule has 0 fully saturated rings. The van der Waals surface area contributed by atoms with Gasteiger partial charge in [-0.15, -0.1) is 0 Å². The Labute approximate surface area is 117 Å². The highest BCUT2D eigenvalue weighted by atomic mass is 16.5. The predicted molar refractivity (Wildman–Crippen MR) is 76.7 cm³/mol. The van der Waals surface area contributed by atoms with E-state index >= 15 is 0 Å². The Kier molecular flexibility index (Phi) is 4.25. The minimum absolute atomic E-state index is 0.0144. The molecule has 0 radical (unpaired) electrons. The molecule has 0 aliphatic rings. The molecule has 104 valence electrons. The Bertz CT molecular complexity index is 620. The van der Waals surface area contributed by atoms with Crippen LogP contribution in [0.25, 0.3) is 11.1 Å². The van der Waals surface area contributed by atoms with Crippen molar-refractivity contribution in [1.29, 1.82) is 0 Å². The van der Waals surface area contributed by atoms with Gasteiger partial charge in [-0.3, -0.25) is 4.79 Å². The van der Waals surface area contributed by atoms with Crippen LogP contribution in [-0.4, -0.2) is 25.1 Å². The van der Waals surface area contributed by atoms with Crippen LogP contribution in [0.2, 0.25) is 0 Å². The van der Waals surface area contributed by atoms with Crippen LogP contribution in [0.4, 0.5) is 0 Å². The summed E-state index contributed by atoms with van der Waals surface area (Å²) in [6.45, 7) is 2.42. The quantitative estimate of drug-likeness (QED) is 0.849. The number of hydrogen-bond donors (Lipinski definition) is 1. The molecule has 0 unspecified atom stereocenters. The first kappa shape index (κ1) is 13.9. The van der Waals surface area contributed by atoms with Crippen LogP contribution in [-0.2, 0) is 0 Å². The van der Waals surface area contributed by atoms with Crippen LogP contribution in [0.3, 0.4) is 0 Å². The van der Waals surface area contributed by atoms with Gasteiger partial charge in [0.05, 0.1) is 13.7 Å². The smallest absolute Gasteiger partial charge is 0.161 e. The third-order valence-electron chi connectivity index (χ3n) is 2.96. The van der Waals surface area contributed by atoms with Gasteiger partial charge in [0.15, 0.2) is 17.8 Å². The molecule has 20 heavy (non-hydrogen) atoms. The van der Waals surface area contributed by atoms with Crippen molar-refractivity contribution < 1.29 is 19.4 Å². The Hall–Kier alpha value is -2.49. The zero-order valence-corrected chi connectivity index (χ0v) is 11.4. The third-order valence-corrected chi connectivity index (χ3v) is 2.96. The zero-order valence-electron chi connectivity index (χ0n) is 11.4. The lowest BCUT2D eigenvalue weighted by Gasteiger charge is -2.13. The van der Waals surface area contributed by atoms with Crippen molar-refractivity contribution in [1.82, 2.24) is 0 Å². The summed E-state index contributed by atoms with van der Waals surface area (Å²) in [6, 6.07) is 10.4. The zero-order chi connectivity index (χ0) is 14.5. The monoisotopic (exact) mass is 272 g/mol. The summed E-state index contributed by atoms with van der Waals surface area (Å²) in [5.74, 6) is 0.923. The SMILES string of the molecule is CCOc1ccccc1-c1cc(O)c(OC)cc1C=O. The molecule has 2 rings (SSSR count). The Balaban J connectivity index is 2.63. The van der Waals surface area contributed by atoms with E-state index in [1.54, 1.807) is 0 Å². The van der Waals surface area contributed by atoms with E-state index in [0.29, 0.717) is 23.5 Å². The molecule has 2 aromatic carbocycles. The Morgan fingerprint density at radius 3 is 2.55 bits per heavy atom. The maximum absolute atomic E-state index is 11.3. The van der Waals surface area contributed by atoms with E-state index in [1.165, 1.54) is 19.2 Å². The van der Waals surface area contributed by atoms with Crippen molar-refractivity contribution in [2.24, 2.45) is 0 Å². The average Bonchev–Trinajstić information content (AvgIpc) is 2.48. The van der Waals surface area contributed by atoms with Gasteiger partial charge in [-0.25, -0.2) is 0 Å². The number of carbonyl (C=O) groups is 1. The van der Waals surface area contributed by atoms with Crippen LogP contribution >= 0.6 is 0 Å². The van der Waals surface area contributed by atoms with E-state index < -0.39 is 0 Å². The molecule has 2 aromatic rings. The minimum atomic E-state index is -0.0144. The molecule has 0 spiro atoms. The van der Waals surface area contributed by atoms with E-state index in [9.17, 15) is 9.90 Å². The highest BCUT2D eigenvalue weighted by Crippen LogP contribution is 2.38. The van der Waals surface area contributed by atoms with Gasteiger partial charge in [0, 0.05) is 11.1 Å². The molecule has 0 aliphatic carbocycles. The molecule has 0 amide bonds. The van der Waals surface area contributed by atoms with Crippen molar-refractivity contribution in [2.45, 2.75) is 6.92 Å². The molecular formula is C16H16O4. The number of aldehydes is 1. The van der Waals surface area contributed by atoms with Crippen LogP contribution in [0.15, 0.2) is 36.4 Å². The molecular weight excluding hydrogens is 256 g/mol. The maximum Gasteiger partial charge on any atom is 0.161 e. The van der Waals surface area contributed by atoms with Gasteiger partial charge < -0.3 is 14.6 Å². The van der Waals surface area contributed by atoms with Crippen molar-refractivity contribution in [2.75, 3.05) is 13.7 Å². The maximum atomic E-state index is 11.3. The standard InChI is InChI=1S/C16H16O4/c1-3-20-15-7-5-4-6-12(15)13-9-14(18)16(19-2)8-11(13)10-17/h4-10,18H,3H2,1-2H3. The number of rotatable bonds is 5. The molecule has 0 aromatic heterocycles. The highest BCUT2D eigenvalue weighted by Gasteiger charge is 2.14. The molecule has 4 nitrogen and oxygen atoms in total. The number of methoxy groups -OCH3 is 1. The van der Waals surface area contributed by atoms with E-state index in [1.807, 2.05) is 31.2 Å². The predicted octanol–water partition coefficient (Wildman–Crippen LogP) is 3.28. The van der Waals surface area contributed by atoms with E-state index in [0.717, 1.165) is 11.8 Å². The van der Waals surface area contributed by atoms with Crippen LogP contribution < -0.4 is 9.47 Å². The van der Waals surface area contributed by atoms with E-state index in [-0.39, 0.29) is 11.5 Å². The minimum Gasteiger partial charge on any atom is -0.504 e. The number of hydrogen-bond acceptors (Lipinski definition) is 4. The Morgan fingerprint density at radius 1 is 1.15 bits per heavy atom. The lowest BCUT2D eigenvalue weighted by Crippen LogP contribution is -1.96.